The molecule has 0 amide bonds. The lowest BCUT2D eigenvalue weighted by molar-refractivity contribution is 0.580. The minimum Gasteiger partial charge on any atom is -0.326 e. The summed E-state index contributed by atoms with van der Waals surface area (Å²) in [5, 5.41) is 4.31. The molecule has 2 aromatic rings. The number of hydrogen-bond donors (Lipinski definition) is 1. The number of benzene rings is 1. The second kappa shape index (κ2) is 4.85. The van der Waals surface area contributed by atoms with E-state index in [1.165, 1.54) is 6.07 Å². The first-order valence-electron chi connectivity index (χ1n) is 5.27. The molecule has 0 aliphatic heterocycles. The van der Waals surface area contributed by atoms with Crippen LogP contribution in [0.25, 0.3) is 0 Å². The van der Waals surface area contributed by atoms with Crippen LogP contribution in [0.15, 0.2) is 24.4 Å². The Morgan fingerprint density at radius 2 is 2.18 bits per heavy atom. The molecule has 0 spiro atoms. The number of hydrogen-bond acceptors (Lipinski definition) is 2. The van der Waals surface area contributed by atoms with Crippen molar-refractivity contribution in [3.8, 4) is 0 Å². The minimum atomic E-state index is -0.390. The molecule has 90 valence electrons. The van der Waals surface area contributed by atoms with Gasteiger partial charge in [-0.15, -0.1) is 0 Å². The van der Waals surface area contributed by atoms with Gasteiger partial charge in [-0.1, -0.05) is 23.7 Å². The first-order valence-corrected chi connectivity index (χ1v) is 5.65. The van der Waals surface area contributed by atoms with E-state index in [1.54, 1.807) is 23.0 Å². The Bertz CT molecular complexity index is 537. The van der Waals surface area contributed by atoms with Crippen LogP contribution in [0.1, 0.15) is 16.8 Å². The van der Waals surface area contributed by atoms with Gasteiger partial charge in [-0.25, -0.2) is 4.39 Å². The fourth-order valence-electron chi connectivity index (χ4n) is 1.68. The Morgan fingerprint density at radius 3 is 2.82 bits per heavy atom. The summed E-state index contributed by atoms with van der Waals surface area (Å²) in [6.45, 7) is 2.71. The van der Waals surface area contributed by atoms with E-state index in [0.717, 1.165) is 11.3 Å². The fourth-order valence-corrected chi connectivity index (χ4v) is 1.87. The highest BCUT2D eigenvalue weighted by molar-refractivity contribution is 6.30. The van der Waals surface area contributed by atoms with Crippen LogP contribution in [0.4, 0.5) is 4.39 Å². The van der Waals surface area contributed by atoms with Crippen molar-refractivity contribution in [2.24, 2.45) is 5.73 Å². The van der Waals surface area contributed by atoms with Crippen molar-refractivity contribution in [2.75, 3.05) is 0 Å². The summed E-state index contributed by atoms with van der Waals surface area (Å²) in [6.07, 6.45) is 1.71. The van der Waals surface area contributed by atoms with Crippen molar-refractivity contribution in [3.63, 3.8) is 0 Å². The molecular weight excluding hydrogens is 241 g/mol. The molecule has 0 radical (unpaired) electrons. The summed E-state index contributed by atoms with van der Waals surface area (Å²) in [7, 11) is 0. The molecule has 3 nitrogen and oxygen atoms in total. The molecule has 0 atom stereocenters. The lowest BCUT2D eigenvalue weighted by atomic mass is 10.2. The zero-order valence-corrected chi connectivity index (χ0v) is 10.2. The summed E-state index contributed by atoms with van der Waals surface area (Å²) in [4.78, 5) is 0. The molecule has 5 heteroatoms. The maximum atomic E-state index is 13.7. The Kier molecular flexibility index (Phi) is 3.45. The highest BCUT2D eigenvalue weighted by Gasteiger charge is 2.10. The molecule has 0 aliphatic carbocycles. The van der Waals surface area contributed by atoms with Crippen LogP contribution in [0.3, 0.4) is 0 Å². The van der Waals surface area contributed by atoms with Gasteiger partial charge in [0.15, 0.2) is 0 Å². The first kappa shape index (κ1) is 12.1. The fraction of sp³-hybridized carbons (Fsp3) is 0.250. The molecule has 1 heterocycles. The molecule has 0 fully saturated rings. The molecule has 2 N–H and O–H groups in total. The number of nitrogens with zero attached hydrogens (tertiary/aromatic N) is 2. The second-order valence-electron chi connectivity index (χ2n) is 3.83. The third-order valence-corrected chi connectivity index (χ3v) is 3.07. The van der Waals surface area contributed by atoms with Gasteiger partial charge in [0.1, 0.15) is 5.82 Å². The summed E-state index contributed by atoms with van der Waals surface area (Å²) >= 11 is 5.73. The molecule has 17 heavy (non-hydrogen) atoms. The molecule has 0 aliphatic rings. The summed E-state index contributed by atoms with van der Waals surface area (Å²) in [6, 6.07) is 4.95. The molecule has 1 aromatic carbocycles. The average molecular weight is 254 g/mol. The van der Waals surface area contributed by atoms with Crippen molar-refractivity contribution in [1.82, 2.24) is 9.78 Å². The smallest absolute Gasteiger partial charge is 0.146 e. The number of aromatic nitrogens is 2. The highest BCUT2D eigenvalue weighted by atomic mass is 35.5. The molecular formula is C12H13ClFN3. The monoisotopic (exact) mass is 253 g/mol. The van der Waals surface area contributed by atoms with Crippen LogP contribution in [-0.4, -0.2) is 9.78 Å². The van der Waals surface area contributed by atoms with E-state index in [0.29, 0.717) is 18.7 Å². The SMILES string of the molecule is Cc1c(CN)cnn1Cc1cccc(Cl)c1F. The predicted octanol–water partition coefficient (Wildman–Crippen LogP) is 2.49. The van der Waals surface area contributed by atoms with Crippen molar-refractivity contribution in [2.45, 2.75) is 20.0 Å². The van der Waals surface area contributed by atoms with E-state index < -0.39 is 5.82 Å². The standard InChI is InChI=1S/C12H13ClFN3/c1-8-10(5-15)6-16-17(8)7-9-3-2-4-11(13)12(9)14/h2-4,6H,5,7,15H2,1H3. The Hall–Kier alpha value is -1.39. The van der Waals surface area contributed by atoms with Crippen molar-refractivity contribution in [3.05, 3.63) is 52.1 Å². The Labute approximate surface area is 104 Å². The van der Waals surface area contributed by atoms with Crippen LogP contribution in [0.5, 0.6) is 0 Å². The number of nitrogens with two attached hydrogens (primary N) is 1. The number of halogens is 2. The minimum absolute atomic E-state index is 0.131. The van der Waals surface area contributed by atoms with Crippen LogP contribution in [0.2, 0.25) is 5.02 Å². The maximum absolute atomic E-state index is 13.7. The third kappa shape index (κ3) is 2.33. The van der Waals surface area contributed by atoms with Gasteiger partial charge in [-0.05, 0) is 13.0 Å². The van der Waals surface area contributed by atoms with Crippen LogP contribution in [0, 0.1) is 12.7 Å². The van der Waals surface area contributed by atoms with Gasteiger partial charge in [-0.3, -0.25) is 4.68 Å². The molecule has 0 saturated heterocycles. The zero-order chi connectivity index (χ0) is 12.4. The predicted molar refractivity (Wildman–Crippen MR) is 65.4 cm³/mol. The lowest BCUT2D eigenvalue weighted by Gasteiger charge is -2.07. The first-order chi connectivity index (χ1) is 8.13. The second-order valence-corrected chi connectivity index (χ2v) is 4.24. The largest absolute Gasteiger partial charge is 0.326 e. The molecule has 0 unspecified atom stereocenters. The Balaban J connectivity index is 2.31. The summed E-state index contributed by atoms with van der Waals surface area (Å²) in [5.41, 5.74) is 8.00. The van der Waals surface area contributed by atoms with E-state index in [1.807, 2.05) is 6.92 Å². The van der Waals surface area contributed by atoms with Gasteiger partial charge in [0.2, 0.25) is 0 Å². The van der Waals surface area contributed by atoms with Gasteiger partial charge in [0.05, 0.1) is 17.8 Å². The maximum Gasteiger partial charge on any atom is 0.146 e. The topological polar surface area (TPSA) is 43.8 Å². The Morgan fingerprint density at radius 1 is 1.41 bits per heavy atom. The van der Waals surface area contributed by atoms with Crippen LogP contribution >= 0.6 is 11.6 Å². The van der Waals surface area contributed by atoms with Crippen molar-refractivity contribution in [1.29, 1.82) is 0 Å². The van der Waals surface area contributed by atoms with E-state index in [2.05, 4.69) is 5.10 Å². The zero-order valence-electron chi connectivity index (χ0n) is 9.45. The van der Waals surface area contributed by atoms with E-state index >= 15 is 0 Å². The van der Waals surface area contributed by atoms with Gasteiger partial charge < -0.3 is 5.73 Å². The number of rotatable bonds is 3. The van der Waals surface area contributed by atoms with E-state index in [-0.39, 0.29) is 5.02 Å². The average Bonchev–Trinajstić information content (AvgIpc) is 2.66. The third-order valence-electron chi connectivity index (χ3n) is 2.78. The summed E-state index contributed by atoms with van der Waals surface area (Å²) < 4.78 is 15.4. The molecule has 0 saturated carbocycles. The van der Waals surface area contributed by atoms with Crippen LogP contribution in [-0.2, 0) is 13.1 Å². The molecule has 2 rings (SSSR count). The van der Waals surface area contributed by atoms with Gasteiger partial charge >= 0.3 is 0 Å². The van der Waals surface area contributed by atoms with Crippen LogP contribution < -0.4 is 5.73 Å². The molecule has 0 bridgehead atoms. The highest BCUT2D eigenvalue weighted by Crippen LogP contribution is 2.19. The quantitative estimate of drug-likeness (QED) is 0.913. The van der Waals surface area contributed by atoms with Gasteiger partial charge in [0, 0.05) is 23.4 Å². The van der Waals surface area contributed by atoms with Gasteiger partial charge in [-0.2, -0.15) is 5.10 Å². The van der Waals surface area contributed by atoms with Crippen molar-refractivity contribution < 1.29 is 4.39 Å². The van der Waals surface area contributed by atoms with Gasteiger partial charge in [0.25, 0.3) is 0 Å². The van der Waals surface area contributed by atoms with E-state index in [9.17, 15) is 4.39 Å². The summed E-state index contributed by atoms with van der Waals surface area (Å²) in [5.74, 6) is -0.390. The van der Waals surface area contributed by atoms with Crippen molar-refractivity contribution >= 4 is 11.6 Å². The molecule has 1 aromatic heterocycles. The van der Waals surface area contributed by atoms with E-state index in [4.69, 9.17) is 17.3 Å². The normalized spacial score (nSPS) is 10.8. The lowest BCUT2D eigenvalue weighted by Crippen LogP contribution is -2.07.